The maximum absolute atomic E-state index is 12.2. The van der Waals surface area contributed by atoms with E-state index in [-0.39, 0.29) is 16.3 Å². The molecule has 2 heterocycles. The lowest BCUT2D eigenvalue weighted by Crippen LogP contribution is -2.54. The van der Waals surface area contributed by atoms with Crippen LogP contribution in [0.4, 0.5) is 0 Å². The molecule has 18 heavy (non-hydrogen) atoms. The topological polar surface area (TPSA) is 60.5 Å². The van der Waals surface area contributed by atoms with Gasteiger partial charge in [0, 0.05) is 11.6 Å². The lowest BCUT2D eigenvalue weighted by molar-refractivity contribution is -0.248. The second-order valence-electron chi connectivity index (χ2n) is 5.99. The fourth-order valence-corrected chi connectivity index (χ4v) is 3.27. The largest absolute Gasteiger partial charge is 0.269 e. The van der Waals surface area contributed by atoms with E-state index < -0.39 is 17.1 Å². The fraction of sp³-hybridized carbons (Fsp3) is 0.667. The lowest BCUT2D eigenvalue weighted by atomic mass is 9.93. The van der Waals surface area contributed by atoms with Crippen LogP contribution in [0.1, 0.15) is 34.1 Å². The van der Waals surface area contributed by atoms with Gasteiger partial charge in [0.25, 0.3) is 11.8 Å². The summed E-state index contributed by atoms with van der Waals surface area (Å²) in [6, 6.07) is -0.406. The smallest absolute Gasteiger partial charge is 0.268 e. The van der Waals surface area contributed by atoms with Crippen molar-refractivity contribution in [2.45, 2.75) is 51.2 Å². The predicted molar refractivity (Wildman–Crippen MR) is 68.0 cm³/mol. The first-order valence-corrected chi connectivity index (χ1v) is 6.60. The van der Waals surface area contributed by atoms with Crippen molar-refractivity contribution in [2.24, 2.45) is 0 Å². The summed E-state index contributed by atoms with van der Waals surface area (Å²) in [6.07, 6.45) is 1.74. The summed E-state index contributed by atoms with van der Waals surface area (Å²) in [5.41, 5.74) is -1.36. The van der Waals surface area contributed by atoms with Crippen LogP contribution in [0.2, 0.25) is 0 Å². The van der Waals surface area contributed by atoms with Crippen molar-refractivity contribution in [1.82, 2.24) is 9.96 Å². The normalized spacial score (nSPS) is 31.1. The number of nitrogens with zero attached hydrogens (tertiary/aromatic N) is 2. The number of hydroxylamine groups is 2. The van der Waals surface area contributed by atoms with Crippen LogP contribution < -0.4 is 0 Å². The Morgan fingerprint density at radius 1 is 1.28 bits per heavy atom. The number of imide groups is 1. The Balaban J connectivity index is 2.37. The number of halogens is 1. The van der Waals surface area contributed by atoms with Crippen LogP contribution in [-0.2, 0) is 14.8 Å². The maximum Gasteiger partial charge on any atom is 0.268 e. The predicted octanol–water partition coefficient (Wildman–Crippen LogP) is 1.61. The standard InChI is InChI=1S/C12H16BrN2O3/c1-11(2)6-8(12(3,4)15(11)18)14-9(16)5-7(13)10(14)17/h5,8H,6H2,1-4H3. The molecule has 1 atom stereocenters. The monoisotopic (exact) mass is 315 g/mol. The van der Waals surface area contributed by atoms with Crippen molar-refractivity contribution in [3.05, 3.63) is 10.6 Å². The Kier molecular flexibility index (Phi) is 2.96. The van der Waals surface area contributed by atoms with E-state index in [2.05, 4.69) is 15.9 Å². The van der Waals surface area contributed by atoms with E-state index in [1.165, 1.54) is 11.0 Å². The molecule has 1 fully saturated rings. The van der Waals surface area contributed by atoms with E-state index in [4.69, 9.17) is 0 Å². The zero-order chi connectivity index (χ0) is 13.9. The highest BCUT2D eigenvalue weighted by molar-refractivity contribution is 9.12. The third-order valence-corrected chi connectivity index (χ3v) is 4.37. The quantitative estimate of drug-likeness (QED) is 0.691. The zero-order valence-electron chi connectivity index (χ0n) is 10.9. The highest BCUT2D eigenvalue weighted by atomic mass is 79.9. The van der Waals surface area contributed by atoms with Gasteiger partial charge < -0.3 is 0 Å². The molecular formula is C12H16BrN2O3. The van der Waals surface area contributed by atoms with Crippen LogP contribution in [0.15, 0.2) is 10.6 Å². The maximum atomic E-state index is 12.2. The molecule has 2 amide bonds. The molecule has 1 saturated heterocycles. The van der Waals surface area contributed by atoms with Gasteiger partial charge in [-0.25, -0.2) is 0 Å². The molecule has 2 aliphatic rings. The van der Waals surface area contributed by atoms with Crippen molar-refractivity contribution >= 4 is 27.7 Å². The number of hydrogen-bond donors (Lipinski definition) is 0. The average molecular weight is 316 g/mol. The van der Waals surface area contributed by atoms with Gasteiger partial charge in [0.1, 0.15) is 0 Å². The molecular weight excluding hydrogens is 300 g/mol. The van der Waals surface area contributed by atoms with Crippen molar-refractivity contribution in [2.75, 3.05) is 0 Å². The van der Waals surface area contributed by atoms with Gasteiger partial charge in [-0.2, -0.15) is 0 Å². The van der Waals surface area contributed by atoms with Crippen LogP contribution in [0.5, 0.6) is 0 Å². The second kappa shape index (κ2) is 3.88. The Labute approximate surface area is 115 Å². The zero-order valence-corrected chi connectivity index (χ0v) is 12.4. The number of amides is 2. The van der Waals surface area contributed by atoms with Gasteiger partial charge in [0.05, 0.1) is 16.1 Å². The number of hydrogen-bond acceptors (Lipinski definition) is 3. The van der Waals surface area contributed by atoms with Gasteiger partial charge in [-0.3, -0.25) is 14.5 Å². The third kappa shape index (κ3) is 1.74. The Hall–Kier alpha value is -0.720. The average Bonchev–Trinajstić information content (AvgIpc) is 2.56. The van der Waals surface area contributed by atoms with E-state index in [1.807, 2.05) is 13.8 Å². The van der Waals surface area contributed by atoms with Crippen molar-refractivity contribution in [3.63, 3.8) is 0 Å². The minimum absolute atomic E-state index is 0.255. The molecule has 0 aliphatic carbocycles. The summed E-state index contributed by atoms with van der Waals surface area (Å²) in [6.45, 7) is 7.20. The molecule has 0 N–H and O–H groups in total. The molecule has 5 nitrogen and oxygen atoms in total. The first-order chi connectivity index (χ1) is 8.09. The molecule has 1 unspecified atom stereocenters. The number of carbonyl (C=O) groups is 2. The molecule has 0 bridgehead atoms. The SMILES string of the molecule is CC1(C)CC(N2C(=O)C=C(Br)C2=O)C(C)(C)N1[O]. The van der Waals surface area contributed by atoms with Crippen molar-refractivity contribution in [3.8, 4) is 0 Å². The molecule has 2 aliphatic heterocycles. The summed E-state index contributed by atoms with van der Waals surface area (Å²) in [4.78, 5) is 25.0. The van der Waals surface area contributed by atoms with Crippen LogP contribution in [0.3, 0.4) is 0 Å². The molecule has 99 valence electrons. The molecule has 1 radical (unpaired) electrons. The lowest BCUT2D eigenvalue weighted by Gasteiger charge is -2.36. The van der Waals surface area contributed by atoms with E-state index in [9.17, 15) is 14.8 Å². The molecule has 0 aromatic heterocycles. The van der Waals surface area contributed by atoms with Gasteiger partial charge in [-0.1, -0.05) is 0 Å². The number of carbonyl (C=O) groups excluding carboxylic acids is 2. The molecule has 6 heteroatoms. The van der Waals surface area contributed by atoms with Crippen molar-refractivity contribution in [1.29, 1.82) is 0 Å². The van der Waals surface area contributed by atoms with Gasteiger partial charge in [-0.15, -0.1) is 10.3 Å². The van der Waals surface area contributed by atoms with E-state index in [0.717, 1.165) is 5.06 Å². The van der Waals surface area contributed by atoms with Crippen molar-refractivity contribution < 1.29 is 14.8 Å². The summed E-state index contributed by atoms with van der Waals surface area (Å²) in [5.74, 6) is -0.708. The minimum Gasteiger partial charge on any atom is -0.269 e. The summed E-state index contributed by atoms with van der Waals surface area (Å²) in [7, 11) is 0. The second-order valence-corrected chi connectivity index (χ2v) is 6.84. The van der Waals surface area contributed by atoms with E-state index in [0.29, 0.717) is 6.42 Å². The van der Waals surface area contributed by atoms with Crippen LogP contribution in [-0.4, -0.2) is 38.9 Å². The van der Waals surface area contributed by atoms with Gasteiger partial charge in [-0.05, 0) is 50.0 Å². The summed E-state index contributed by atoms with van der Waals surface area (Å²) >= 11 is 3.07. The van der Waals surface area contributed by atoms with Gasteiger partial charge >= 0.3 is 0 Å². The minimum atomic E-state index is -0.777. The molecule has 0 saturated carbocycles. The Morgan fingerprint density at radius 2 is 1.83 bits per heavy atom. The van der Waals surface area contributed by atoms with E-state index >= 15 is 0 Å². The first-order valence-electron chi connectivity index (χ1n) is 5.81. The summed E-state index contributed by atoms with van der Waals surface area (Å²) < 4.78 is 0.255. The van der Waals surface area contributed by atoms with Gasteiger partial charge in [0.15, 0.2) is 0 Å². The summed E-state index contributed by atoms with van der Waals surface area (Å²) in [5, 5.41) is 13.2. The molecule has 0 aromatic rings. The van der Waals surface area contributed by atoms with Crippen LogP contribution >= 0.6 is 15.9 Å². The molecule has 2 rings (SSSR count). The van der Waals surface area contributed by atoms with E-state index in [1.54, 1.807) is 13.8 Å². The Bertz CT molecular complexity index is 456. The fourth-order valence-electron chi connectivity index (χ4n) is 2.88. The first kappa shape index (κ1) is 13.7. The van der Waals surface area contributed by atoms with Crippen LogP contribution in [0.25, 0.3) is 0 Å². The highest BCUT2D eigenvalue weighted by Crippen LogP contribution is 2.43. The Morgan fingerprint density at radius 3 is 2.17 bits per heavy atom. The van der Waals surface area contributed by atoms with Crippen LogP contribution in [0, 0.1) is 0 Å². The number of rotatable bonds is 1. The third-order valence-electron chi connectivity index (χ3n) is 3.80. The molecule has 0 aromatic carbocycles. The highest BCUT2D eigenvalue weighted by Gasteiger charge is 2.57. The van der Waals surface area contributed by atoms with Gasteiger partial charge in [0.2, 0.25) is 0 Å². The molecule has 0 spiro atoms.